The molecule has 1 rings (SSSR count). The summed E-state index contributed by atoms with van der Waals surface area (Å²) in [5, 5.41) is 11.4. The Morgan fingerprint density at radius 3 is 2.57 bits per heavy atom. The molecule has 5 heteroatoms. The molecule has 0 aromatic heterocycles. The number of benzene rings is 1. The van der Waals surface area contributed by atoms with Crippen LogP contribution in [-0.4, -0.2) is 43.5 Å². The lowest BCUT2D eigenvalue weighted by molar-refractivity contribution is 0.0656. The molecule has 2 N–H and O–H groups in total. The molecule has 1 aromatic carbocycles. The maximum atomic E-state index is 11.9. The van der Waals surface area contributed by atoms with Gasteiger partial charge in [0.25, 0.3) is 5.91 Å². The molecule has 0 bridgehead atoms. The number of aliphatic hydroxyl groups excluding tert-OH is 1. The van der Waals surface area contributed by atoms with Gasteiger partial charge >= 0.3 is 0 Å². The van der Waals surface area contributed by atoms with Gasteiger partial charge in [0, 0.05) is 18.7 Å². The molecule has 0 aliphatic heterocycles. The zero-order valence-electron chi connectivity index (χ0n) is 12.8. The summed E-state index contributed by atoms with van der Waals surface area (Å²) in [6.45, 7) is 6.00. The number of rotatable bonds is 10. The predicted molar refractivity (Wildman–Crippen MR) is 81.2 cm³/mol. The number of aliphatic hydroxyl groups is 1. The SMILES string of the molecule is CC(C)OCc1ccc(C(=O)NCCCOCCO)cc1. The van der Waals surface area contributed by atoms with E-state index in [4.69, 9.17) is 14.6 Å². The van der Waals surface area contributed by atoms with E-state index in [0.717, 1.165) is 12.0 Å². The largest absolute Gasteiger partial charge is 0.394 e. The Balaban J connectivity index is 2.27. The van der Waals surface area contributed by atoms with Gasteiger partial charge in [0.05, 0.1) is 25.9 Å². The van der Waals surface area contributed by atoms with Crippen molar-refractivity contribution in [1.82, 2.24) is 5.32 Å². The summed E-state index contributed by atoms with van der Waals surface area (Å²) in [7, 11) is 0. The molecule has 0 heterocycles. The van der Waals surface area contributed by atoms with E-state index in [2.05, 4.69) is 5.32 Å². The third-order valence-corrected chi connectivity index (χ3v) is 2.79. The smallest absolute Gasteiger partial charge is 0.251 e. The van der Waals surface area contributed by atoms with Gasteiger partial charge < -0.3 is 19.9 Å². The Morgan fingerprint density at radius 2 is 1.95 bits per heavy atom. The fourth-order valence-electron chi connectivity index (χ4n) is 1.66. The first-order valence-electron chi connectivity index (χ1n) is 7.31. The summed E-state index contributed by atoms with van der Waals surface area (Å²) in [4.78, 5) is 11.9. The molecular formula is C16H25NO4. The highest BCUT2D eigenvalue weighted by Gasteiger charge is 2.05. The van der Waals surface area contributed by atoms with Gasteiger partial charge in [0.2, 0.25) is 0 Å². The second-order valence-electron chi connectivity index (χ2n) is 5.00. The highest BCUT2D eigenvalue weighted by molar-refractivity contribution is 5.94. The van der Waals surface area contributed by atoms with Gasteiger partial charge in [-0.15, -0.1) is 0 Å². The van der Waals surface area contributed by atoms with Crippen molar-refractivity contribution in [2.75, 3.05) is 26.4 Å². The predicted octanol–water partition coefficient (Wildman–Crippen LogP) is 1.74. The average molecular weight is 295 g/mol. The lowest BCUT2D eigenvalue weighted by Gasteiger charge is -2.09. The monoisotopic (exact) mass is 295 g/mol. The Labute approximate surface area is 126 Å². The van der Waals surface area contributed by atoms with Crippen molar-refractivity contribution in [3.05, 3.63) is 35.4 Å². The van der Waals surface area contributed by atoms with Crippen LogP contribution in [0.15, 0.2) is 24.3 Å². The fourth-order valence-corrected chi connectivity index (χ4v) is 1.66. The van der Waals surface area contributed by atoms with Crippen molar-refractivity contribution in [1.29, 1.82) is 0 Å². The molecule has 0 atom stereocenters. The molecule has 5 nitrogen and oxygen atoms in total. The number of nitrogens with one attached hydrogen (secondary N) is 1. The molecule has 0 saturated carbocycles. The van der Waals surface area contributed by atoms with Gasteiger partial charge in [-0.2, -0.15) is 0 Å². The zero-order valence-corrected chi connectivity index (χ0v) is 12.8. The molecule has 0 radical (unpaired) electrons. The summed E-state index contributed by atoms with van der Waals surface area (Å²) in [6, 6.07) is 7.41. The second kappa shape index (κ2) is 10.3. The molecular weight excluding hydrogens is 270 g/mol. The van der Waals surface area contributed by atoms with Crippen molar-refractivity contribution in [3.63, 3.8) is 0 Å². The van der Waals surface area contributed by atoms with E-state index in [9.17, 15) is 4.79 Å². The standard InChI is InChI=1S/C16H25NO4/c1-13(2)21-12-14-4-6-15(7-5-14)16(19)17-8-3-10-20-11-9-18/h4-7,13,18H,3,8-12H2,1-2H3,(H,17,19). The summed E-state index contributed by atoms with van der Waals surface area (Å²) in [5.74, 6) is -0.0894. The molecule has 21 heavy (non-hydrogen) atoms. The van der Waals surface area contributed by atoms with Crippen molar-refractivity contribution in [2.45, 2.75) is 33.0 Å². The molecule has 1 aromatic rings. The number of hydrogen-bond donors (Lipinski definition) is 2. The fraction of sp³-hybridized carbons (Fsp3) is 0.562. The van der Waals surface area contributed by atoms with Crippen LogP contribution in [0.25, 0.3) is 0 Å². The van der Waals surface area contributed by atoms with E-state index in [1.54, 1.807) is 12.1 Å². The van der Waals surface area contributed by atoms with Crippen LogP contribution >= 0.6 is 0 Å². The average Bonchev–Trinajstić information content (AvgIpc) is 2.49. The van der Waals surface area contributed by atoms with E-state index in [1.165, 1.54) is 0 Å². The molecule has 0 fully saturated rings. The first-order valence-corrected chi connectivity index (χ1v) is 7.31. The molecule has 0 spiro atoms. The molecule has 1 amide bonds. The summed E-state index contributed by atoms with van der Waals surface area (Å²) in [6.07, 6.45) is 0.924. The molecule has 0 aliphatic carbocycles. The number of hydrogen-bond acceptors (Lipinski definition) is 4. The minimum absolute atomic E-state index is 0.0270. The van der Waals surface area contributed by atoms with Crippen LogP contribution in [0.5, 0.6) is 0 Å². The van der Waals surface area contributed by atoms with Crippen LogP contribution in [0.3, 0.4) is 0 Å². The highest BCUT2D eigenvalue weighted by atomic mass is 16.5. The van der Waals surface area contributed by atoms with Crippen LogP contribution in [0.4, 0.5) is 0 Å². The third-order valence-electron chi connectivity index (χ3n) is 2.79. The van der Waals surface area contributed by atoms with Gasteiger partial charge in [-0.1, -0.05) is 12.1 Å². The second-order valence-corrected chi connectivity index (χ2v) is 5.00. The van der Waals surface area contributed by atoms with Crippen LogP contribution in [0, 0.1) is 0 Å². The molecule has 118 valence electrons. The molecule has 0 aliphatic rings. The lowest BCUT2D eigenvalue weighted by Crippen LogP contribution is -2.25. The van der Waals surface area contributed by atoms with Crippen LogP contribution in [0.2, 0.25) is 0 Å². The van der Waals surface area contributed by atoms with Gasteiger partial charge in [-0.3, -0.25) is 4.79 Å². The number of carbonyl (C=O) groups excluding carboxylic acids is 1. The van der Waals surface area contributed by atoms with E-state index >= 15 is 0 Å². The minimum atomic E-state index is -0.0894. The van der Waals surface area contributed by atoms with E-state index in [0.29, 0.717) is 31.9 Å². The quantitative estimate of drug-likeness (QED) is 0.645. The summed E-state index contributed by atoms with van der Waals surface area (Å²) in [5.41, 5.74) is 1.69. The number of ether oxygens (including phenoxy) is 2. The first kappa shape index (κ1) is 17.6. The van der Waals surface area contributed by atoms with Gasteiger partial charge in [0.1, 0.15) is 0 Å². The zero-order chi connectivity index (χ0) is 15.5. The number of amides is 1. The summed E-state index contributed by atoms with van der Waals surface area (Å²) >= 11 is 0. The van der Waals surface area contributed by atoms with E-state index < -0.39 is 0 Å². The number of carbonyl (C=O) groups is 1. The van der Waals surface area contributed by atoms with E-state index in [1.807, 2.05) is 26.0 Å². The Hall–Kier alpha value is -1.43. The van der Waals surface area contributed by atoms with Crippen LogP contribution in [-0.2, 0) is 16.1 Å². The van der Waals surface area contributed by atoms with Gasteiger partial charge in [-0.05, 0) is 38.0 Å². The lowest BCUT2D eigenvalue weighted by atomic mass is 10.1. The minimum Gasteiger partial charge on any atom is -0.394 e. The Bertz CT molecular complexity index is 403. The van der Waals surface area contributed by atoms with Crippen LogP contribution in [0.1, 0.15) is 36.2 Å². The van der Waals surface area contributed by atoms with Gasteiger partial charge in [-0.25, -0.2) is 0 Å². The maximum Gasteiger partial charge on any atom is 0.251 e. The van der Waals surface area contributed by atoms with Crippen molar-refractivity contribution < 1.29 is 19.4 Å². The topological polar surface area (TPSA) is 67.8 Å². The molecule has 0 saturated heterocycles. The molecule has 0 unspecified atom stereocenters. The first-order chi connectivity index (χ1) is 10.1. The summed E-state index contributed by atoms with van der Waals surface area (Å²) < 4.78 is 10.6. The van der Waals surface area contributed by atoms with Crippen molar-refractivity contribution in [3.8, 4) is 0 Å². The van der Waals surface area contributed by atoms with Crippen LogP contribution < -0.4 is 5.32 Å². The third kappa shape index (κ3) is 7.80. The van der Waals surface area contributed by atoms with Crippen molar-refractivity contribution in [2.24, 2.45) is 0 Å². The maximum absolute atomic E-state index is 11.9. The van der Waals surface area contributed by atoms with E-state index in [-0.39, 0.29) is 18.6 Å². The normalized spacial score (nSPS) is 10.9. The van der Waals surface area contributed by atoms with Gasteiger partial charge in [0.15, 0.2) is 0 Å². The Kier molecular flexibility index (Phi) is 8.66. The highest BCUT2D eigenvalue weighted by Crippen LogP contribution is 2.07. The van der Waals surface area contributed by atoms with Crippen molar-refractivity contribution >= 4 is 5.91 Å². The Morgan fingerprint density at radius 1 is 1.24 bits per heavy atom.